The number of hydrogen-bond donors (Lipinski definition) is 1. The molecule has 2 heterocycles. The molecule has 1 aromatic heterocycles. The van der Waals surface area contributed by atoms with Crippen LogP contribution in [-0.4, -0.2) is 53.5 Å². The predicted molar refractivity (Wildman–Crippen MR) is 95.0 cm³/mol. The Balaban J connectivity index is 1.75. The Morgan fingerprint density at radius 3 is 3.00 bits per heavy atom. The van der Waals surface area contributed by atoms with Crippen molar-refractivity contribution in [3.8, 4) is 5.75 Å². The Labute approximate surface area is 151 Å². The topological polar surface area (TPSA) is 82.6 Å². The van der Waals surface area contributed by atoms with E-state index in [4.69, 9.17) is 26.8 Å². The minimum Gasteiger partial charge on any atom is -0.496 e. The summed E-state index contributed by atoms with van der Waals surface area (Å²) in [5.74, 6) is 0.265. The Morgan fingerprint density at radius 1 is 1.52 bits per heavy atom. The maximum atomic E-state index is 12.9. The molecular weight excluding hydrogens is 344 g/mol. The molecule has 1 aliphatic rings. The highest BCUT2D eigenvalue weighted by Crippen LogP contribution is 2.30. The summed E-state index contributed by atoms with van der Waals surface area (Å²) in [5.41, 5.74) is 7.65. The van der Waals surface area contributed by atoms with Crippen molar-refractivity contribution in [2.75, 3.05) is 32.5 Å². The number of benzene rings is 1. The molecule has 0 spiro atoms. The van der Waals surface area contributed by atoms with Crippen LogP contribution in [0.15, 0.2) is 24.5 Å². The van der Waals surface area contributed by atoms with Gasteiger partial charge >= 0.3 is 0 Å². The van der Waals surface area contributed by atoms with E-state index >= 15 is 0 Å². The molecule has 1 saturated heterocycles. The van der Waals surface area contributed by atoms with E-state index in [1.807, 2.05) is 17.8 Å². The van der Waals surface area contributed by atoms with Gasteiger partial charge in [0, 0.05) is 25.4 Å². The fraction of sp³-hybridized carbons (Fsp3) is 0.412. The number of ether oxygens (including phenoxy) is 2. The van der Waals surface area contributed by atoms with Crippen LogP contribution >= 0.6 is 11.6 Å². The van der Waals surface area contributed by atoms with Gasteiger partial charge in [-0.25, -0.2) is 0 Å². The summed E-state index contributed by atoms with van der Waals surface area (Å²) in [5, 5.41) is 4.60. The fourth-order valence-corrected chi connectivity index (χ4v) is 3.03. The number of methoxy groups -OCH3 is 1. The summed E-state index contributed by atoms with van der Waals surface area (Å²) in [7, 11) is 1.50. The number of carbonyl (C=O) groups is 1. The molecule has 2 N–H and O–H groups in total. The van der Waals surface area contributed by atoms with Gasteiger partial charge in [-0.15, -0.1) is 0 Å². The van der Waals surface area contributed by atoms with Gasteiger partial charge in [-0.3, -0.25) is 9.48 Å². The smallest absolute Gasteiger partial charge is 0.257 e. The second-order valence-corrected chi connectivity index (χ2v) is 6.46. The van der Waals surface area contributed by atoms with Crippen LogP contribution in [0.2, 0.25) is 5.02 Å². The highest BCUT2D eigenvalue weighted by atomic mass is 35.5. The molecule has 8 heteroatoms. The molecule has 1 aromatic carbocycles. The molecule has 2 aromatic rings. The van der Waals surface area contributed by atoms with E-state index in [1.54, 1.807) is 23.2 Å². The Kier molecular flexibility index (Phi) is 5.15. The van der Waals surface area contributed by atoms with Crippen LogP contribution in [0, 0.1) is 6.92 Å². The molecule has 134 valence electrons. The SMILES string of the molecule is COc1cc(N)c(Cl)cc1C(=O)N1CCOC(Cn2cc(C)cn2)C1. The Bertz CT molecular complexity index is 777. The summed E-state index contributed by atoms with van der Waals surface area (Å²) in [6, 6.07) is 3.12. The van der Waals surface area contributed by atoms with E-state index in [2.05, 4.69) is 5.10 Å². The molecule has 0 aliphatic carbocycles. The highest BCUT2D eigenvalue weighted by Gasteiger charge is 2.27. The van der Waals surface area contributed by atoms with Gasteiger partial charge in [-0.2, -0.15) is 5.10 Å². The Morgan fingerprint density at radius 2 is 2.32 bits per heavy atom. The standard InChI is InChI=1S/C17H21ClN4O3/c1-11-7-20-22(8-11)10-12-9-21(3-4-25-12)17(23)13-5-14(18)15(19)6-16(13)24-2/h5-8,12H,3-4,9-10,19H2,1-2H3. The van der Waals surface area contributed by atoms with Gasteiger partial charge < -0.3 is 20.1 Å². The van der Waals surface area contributed by atoms with Crippen molar-refractivity contribution in [3.05, 3.63) is 40.7 Å². The summed E-state index contributed by atoms with van der Waals surface area (Å²) in [4.78, 5) is 14.7. The number of morpholine rings is 1. The van der Waals surface area contributed by atoms with Gasteiger partial charge in [-0.05, 0) is 18.6 Å². The third-order valence-electron chi connectivity index (χ3n) is 4.13. The van der Waals surface area contributed by atoms with Crippen molar-refractivity contribution in [2.45, 2.75) is 19.6 Å². The van der Waals surface area contributed by atoms with Crippen LogP contribution < -0.4 is 10.5 Å². The molecule has 1 amide bonds. The normalized spacial score (nSPS) is 17.6. The van der Waals surface area contributed by atoms with Crippen molar-refractivity contribution >= 4 is 23.2 Å². The van der Waals surface area contributed by atoms with Crippen LogP contribution in [0.1, 0.15) is 15.9 Å². The first kappa shape index (κ1) is 17.6. The first-order valence-electron chi connectivity index (χ1n) is 8.01. The highest BCUT2D eigenvalue weighted by molar-refractivity contribution is 6.33. The van der Waals surface area contributed by atoms with Crippen LogP contribution in [0.4, 0.5) is 5.69 Å². The second kappa shape index (κ2) is 7.33. The lowest BCUT2D eigenvalue weighted by atomic mass is 10.1. The monoisotopic (exact) mass is 364 g/mol. The van der Waals surface area contributed by atoms with Crippen molar-refractivity contribution in [1.29, 1.82) is 0 Å². The van der Waals surface area contributed by atoms with Gasteiger partial charge in [0.1, 0.15) is 5.75 Å². The zero-order valence-corrected chi connectivity index (χ0v) is 15.0. The molecule has 1 fully saturated rings. The third kappa shape index (κ3) is 3.88. The summed E-state index contributed by atoms with van der Waals surface area (Å²) < 4.78 is 12.9. The molecule has 3 rings (SSSR count). The second-order valence-electron chi connectivity index (χ2n) is 6.06. The molecule has 1 atom stereocenters. The van der Waals surface area contributed by atoms with E-state index in [-0.39, 0.29) is 12.0 Å². The lowest BCUT2D eigenvalue weighted by Gasteiger charge is -2.33. The van der Waals surface area contributed by atoms with Gasteiger partial charge in [0.2, 0.25) is 0 Å². The van der Waals surface area contributed by atoms with Gasteiger partial charge in [-0.1, -0.05) is 11.6 Å². The molecule has 0 saturated carbocycles. The number of anilines is 1. The number of nitrogen functional groups attached to an aromatic ring is 1. The number of carbonyl (C=O) groups excluding carboxylic acids is 1. The van der Waals surface area contributed by atoms with Gasteiger partial charge in [0.05, 0.1) is 48.8 Å². The maximum absolute atomic E-state index is 12.9. The van der Waals surface area contributed by atoms with E-state index in [0.717, 1.165) is 5.56 Å². The van der Waals surface area contributed by atoms with E-state index in [9.17, 15) is 4.79 Å². The van der Waals surface area contributed by atoms with Crippen molar-refractivity contribution in [2.24, 2.45) is 0 Å². The molecule has 1 unspecified atom stereocenters. The summed E-state index contributed by atoms with van der Waals surface area (Å²) in [6.07, 6.45) is 3.63. The van der Waals surface area contributed by atoms with Crippen LogP contribution in [0.5, 0.6) is 5.75 Å². The number of aromatic nitrogens is 2. The molecule has 0 bridgehead atoms. The first-order chi connectivity index (χ1) is 12.0. The fourth-order valence-electron chi connectivity index (χ4n) is 2.87. The average molecular weight is 365 g/mol. The molecule has 0 radical (unpaired) electrons. The predicted octanol–water partition coefficient (Wildman–Crippen LogP) is 1.98. The molecule has 25 heavy (non-hydrogen) atoms. The number of halogens is 1. The number of aryl methyl sites for hydroxylation is 1. The number of amides is 1. The average Bonchev–Trinajstić information content (AvgIpc) is 3.01. The van der Waals surface area contributed by atoms with Crippen LogP contribution in [0.3, 0.4) is 0 Å². The number of hydrogen-bond acceptors (Lipinski definition) is 5. The van der Waals surface area contributed by atoms with Crippen molar-refractivity contribution in [1.82, 2.24) is 14.7 Å². The van der Waals surface area contributed by atoms with E-state index in [0.29, 0.717) is 48.3 Å². The lowest BCUT2D eigenvalue weighted by Crippen LogP contribution is -2.47. The Hall–Kier alpha value is -2.25. The van der Waals surface area contributed by atoms with Crippen LogP contribution in [0.25, 0.3) is 0 Å². The first-order valence-corrected chi connectivity index (χ1v) is 8.38. The zero-order chi connectivity index (χ0) is 18.0. The number of nitrogens with two attached hydrogens (primary N) is 1. The largest absolute Gasteiger partial charge is 0.496 e. The van der Waals surface area contributed by atoms with Crippen molar-refractivity contribution < 1.29 is 14.3 Å². The quantitative estimate of drug-likeness (QED) is 0.839. The van der Waals surface area contributed by atoms with Gasteiger partial charge in [0.25, 0.3) is 5.91 Å². The molecule has 1 aliphatic heterocycles. The maximum Gasteiger partial charge on any atom is 0.257 e. The minimum absolute atomic E-state index is 0.118. The van der Waals surface area contributed by atoms with Crippen LogP contribution in [-0.2, 0) is 11.3 Å². The number of nitrogens with zero attached hydrogens (tertiary/aromatic N) is 3. The van der Waals surface area contributed by atoms with E-state index < -0.39 is 0 Å². The minimum atomic E-state index is -0.149. The molecule has 7 nitrogen and oxygen atoms in total. The lowest BCUT2D eigenvalue weighted by molar-refractivity contribution is -0.0300. The zero-order valence-electron chi connectivity index (χ0n) is 14.2. The summed E-state index contributed by atoms with van der Waals surface area (Å²) >= 11 is 6.08. The molecular formula is C17H21ClN4O3. The summed E-state index contributed by atoms with van der Waals surface area (Å²) in [6.45, 7) is 4.04. The van der Waals surface area contributed by atoms with Crippen molar-refractivity contribution in [3.63, 3.8) is 0 Å². The van der Waals surface area contributed by atoms with E-state index in [1.165, 1.54) is 7.11 Å². The third-order valence-corrected chi connectivity index (χ3v) is 4.46. The number of rotatable bonds is 4. The van der Waals surface area contributed by atoms with Gasteiger partial charge in [0.15, 0.2) is 0 Å².